The van der Waals surface area contributed by atoms with E-state index < -0.39 is 18.2 Å². The summed E-state index contributed by atoms with van der Waals surface area (Å²) in [6.45, 7) is 7.85. The Labute approximate surface area is 240 Å². The average molecular weight is 562 g/mol. The highest BCUT2D eigenvalue weighted by Crippen LogP contribution is 2.35. The van der Waals surface area contributed by atoms with Crippen LogP contribution >= 0.6 is 0 Å². The van der Waals surface area contributed by atoms with Crippen LogP contribution in [-0.2, 0) is 0 Å². The topological polar surface area (TPSA) is 123 Å². The molecule has 0 fully saturated rings. The van der Waals surface area contributed by atoms with E-state index in [4.69, 9.17) is 4.74 Å². The number of para-hydroxylation sites is 1. The molecular weight excluding hydrogens is 522 g/mol. The number of carbonyl (C=O) groups excluding carboxylic acids is 3. The Morgan fingerprint density at radius 1 is 1.02 bits per heavy atom. The number of benzene rings is 3. The van der Waals surface area contributed by atoms with Gasteiger partial charge in [-0.1, -0.05) is 49.4 Å². The van der Waals surface area contributed by atoms with Crippen molar-refractivity contribution in [2.24, 2.45) is 5.92 Å². The molecule has 0 aromatic heterocycles. The van der Waals surface area contributed by atoms with Crippen LogP contribution in [0.25, 0.3) is 10.8 Å². The van der Waals surface area contributed by atoms with Gasteiger partial charge in [-0.25, -0.2) is 9.59 Å². The number of nitrogens with zero attached hydrogens (tertiary/aromatic N) is 2. The summed E-state index contributed by atoms with van der Waals surface area (Å²) in [5.41, 5.74) is 1.22. The summed E-state index contributed by atoms with van der Waals surface area (Å²) >= 11 is 0. The molecular formula is C31H39N5O5. The van der Waals surface area contributed by atoms with Gasteiger partial charge in [0.2, 0.25) is 0 Å². The lowest BCUT2D eigenvalue weighted by Crippen LogP contribution is -2.51. The van der Waals surface area contributed by atoms with Crippen LogP contribution in [0.4, 0.5) is 21.0 Å². The Hall–Kier alpha value is -4.31. The van der Waals surface area contributed by atoms with Gasteiger partial charge in [-0.3, -0.25) is 4.79 Å². The number of aliphatic hydroxyl groups is 1. The predicted molar refractivity (Wildman–Crippen MR) is 160 cm³/mol. The lowest BCUT2D eigenvalue weighted by Gasteiger charge is -2.38. The van der Waals surface area contributed by atoms with E-state index in [9.17, 15) is 19.5 Å². The van der Waals surface area contributed by atoms with E-state index >= 15 is 0 Å². The van der Waals surface area contributed by atoms with Crippen molar-refractivity contribution in [3.05, 3.63) is 66.2 Å². The number of urea groups is 2. The van der Waals surface area contributed by atoms with Gasteiger partial charge in [-0.15, -0.1) is 0 Å². The molecule has 1 aliphatic heterocycles. The third-order valence-electron chi connectivity index (χ3n) is 7.19. The minimum Gasteiger partial charge on any atom is -0.485 e. The third-order valence-corrected chi connectivity index (χ3v) is 7.19. The van der Waals surface area contributed by atoms with Crippen LogP contribution in [0.1, 0.15) is 38.1 Å². The first-order valence-corrected chi connectivity index (χ1v) is 13.9. The number of nitrogens with one attached hydrogen (secondary N) is 3. The molecule has 4 N–H and O–H groups in total. The molecule has 10 nitrogen and oxygen atoms in total. The number of amides is 5. The maximum absolute atomic E-state index is 13.7. The number of hydrogen-bond acceptors (Lipinski definition) is 5. The van der Waals surface area contributed by atoms with Crippen molar-refractivity contribution in [1.29, 1.82) is 0 Å². The fourth-order valence-corrected chi connectivity index (χ4v) is 4.88. The van der Waals surface area contributed by atoms with E-state index in [0.717, 1.165) is 10.8 Å². The fraction of sp³-hybridized carbons (Fsp3) is 0.387. The fourth-order valence-electron chi connectivity index (χ4n) is 4.88. The first-order valence-electron chi connectivity index (χ1n) is 13.9. The molecule has 5 amide bonds. The Morgan fingerprint density at radius 3 is 2.41 bits per heavy atom. The molecule has 0 saturated heterocycles. The Balaban J connectivity index is 1.66. The van der Waals surface area contributed by atoms with Gasteiger partial charge < -0.3 is 35.6 Å². The van der Waals surface area contributed by atoms with E-state index in [2.05, 4.69) is 16.0 Å². The highest BCUT2D eigenvalue weighted by atomic mass is 16.5. The van der Waals surface area contributed by atoms with Crippen molar-refractivity contribution in [2.45, 2.75) is 45.9 Å². The molecule has 3 atom stereocenters. The largest absolute Gasteiger partial charge is 0.485 e. The van der Waals surface area contributed by atoms with Crippen LogP contribution in [0.2, 0.25) is 0 Å². The average Bonchev–Trinajstić information content (AvgIpc) is 2.94. The van der Waals surface area contributed by atoms with Gasteiger partial charge in [0.25, 0.3) is 5.91 Å². The van der Waals surface area contributed by atoms with Crippen molar-refractivity contribution >= 4 is 40.1 Å². The Kier molecular flexibility index (Phi) is 9.34. The van der Waals surface area contributed by atoms with Crippen LogP contribution in [0.15, 0.2) is 60.7 Å². The molecule has 3 aromatic carbocycles. The van der Waals surface area contributed by atoms with Gasteiger partial charge in [0.15, 0.2) is 5.75 Å². The summed E-state index contributed by atoms with van der Waals surface area (Å²) in [5, 5.41) is 20.4. The highest BCUT2D eigenvalue weighted by Gasteiger charge is 2.35. The molecule has 4 rings (SSSR count). The number of rotatable bonds is 7. The van der Waals surface area contributed by atoms with Gasteiger partial charge in [0.05, 0.1) is 36.1 Å². The van der Waals surface area contributed by atoms with Gasteiger partial charge in [0.1, 0.15) is 6.10 Å². The summed E-state index contributed by atoms with van der Waals surface area (Å²) < 4.78 is 6.49. The molecule has 0 saturated carbocycles. The molecule has 1 heterocycles. The Morgan fingerprint density at radius 2 is 1.68 bits per heavy atom. The zero-order valence-electron chi connectivity index (χ0n) is 24.2. The minimum atomic E-state index is -0.512. The van der Waals surface area contributed by atoms with Crippen LogP contribution in [0.3, 0.4) is 0 Å². The summed E-state index contributed by atoms with van der Waals surface area (Å²) in [7, 11) is 1.69. The number of fused-ring (bicyclic) bond motifs is 2. The molecule has 10 heteroatoms. The molecule has 1 aliphatic rings. The molecule has 0 unspecified atom stereocenters. The van der Waals surface area contributed by atoms with Crippen molar-refractivity contribution in [1.82, 2.24) is 15.1 Å². The van der Waals surface area contributed by atoms with Crippen molar-refractivity contribution in [3.63, 3.8) is 0 Å². The van der Waals surface area contributed by atoms with Crippen molar-refractivity contribution in [2.75, 3.05) is 37.4 Å². The van der Waals surface area contributed by atoms with Gasteiger partial charge in [-0.05, 0) is 44.4 Å². The monoisotopic (exact) mass is 561 g/mol. The van der Waals surface area contributed by atoms with Crippen LogP contribution in [-0.4, -0.2) is 77.8 Å². The number of ether oxygens (including phenoxy) is 1. The Bertz CT molecular complexity index is 1410. The van der Waals surface area contributed by atoms with E-state index in [1.807, 2.05) is 63.2 Å². The number of likely N-dealkylation sites (N-methyl/N-ethyl adjacent to an activating group) is 1. The zero-order valence-corrected chi connectivity index (χ0v) is 24.2. The minimum absolute atomic E-state index is 0.0316. The lowest BCUT2D eigenvalue weighted by molar-refractivity contribution is 0.0368. The summed E-state index contributed by atoms with van der Waals surface area (Å²) in [6, 6.07) is 17.2. The van der Waals surface area contributed by atoms with E-state index in [-0.39, 0.29) is 48.4 Å². The molecule has 41 heavy (non-hydrogen) atoms. The van der Waals surface area contributed by atoms with Crippen LogP contribution in [0, 0.1) is 5.92 Å². The van der Waals surface area contributed by atoms with E-state index in [0.29, 0.717) is 17.9 Å². The molecule has 0 bridgehead atoms. The third kappa shape index (κ3) is 6.89. The van der Waals surface area contributed by atoms with Crippen LogP contribution in [0.5, 0.6) is 5.75 Å². The van der Waals surface area contributed by atoms with Crippen molar-refractivity contribution < 1.29 is 24.2 Å². The normalized spacial score (nSPS) is 17.6. The molecule has 0 spiro atoms. The molecule has 218 valence electrons. The smallest absolute Gasteiger partial charge is 0.323 e. The lowest BCUT2D eigenvalue weighted by atomic mass is 9.99. The second kappa shape index (κ2) is 12.9. The maximum atomic E-state index is 13.7. The SMILES string of the molecule is CC(C)NC(=O)N(C)C[C@@H]1Oc2c(NC(=O)Nc3cccc4ccccc34)cccc2C(=O)N([C@@H](C)CO)C[C@@H]1C. The number of anilines is 2. The predicted octanol–water partition coefficient (Wildman–Crippen LogP) is 4.75. The summed E-state index contributed by atoms with van der Waals surface area (Å²) in [4.78, 5) is 42.8. The van der Waals surface area contributed by atoms with Gasteiger partial charge in [0, 0.05) is 30.9 Å². The first kappa shape index (κ1) is 29.7. The van der Waals surface area contributed by atoms with E-state index in [1.165, 1.54) is 0 Å². The molecule has 0 aliphatic carbocycles. The summed E-state index contributed by atoms with van der Waals surface area (Å²) in [6.07, 6.45) is -0.512. The van der Waals surface area contributed by atoms with Crippen LogP contribution < -0.4 is 20.7 Å². The van der Waals surface area contributed by atoms with Crippen molar-refractivity contribution in [3.8, 4) is 5.75 Å². The number of hydrogen-bond donors (Lipinski definition) is 4. The second-order valence-corrected chi connectivity index (χ2v) is 10.9. The highest BCUT2D eigenvalue weighted by molar-refractivity contribution is 6.08. The first-order chi connectivity index (χ1) is 19.6. The number of carbonyl (C=O) groups is 3. The zero-order chi connectivity index (χ0) is 29.7. The summed E-state index contributed by atoms with van der Waals surface area (Å²) in [5.74, 6) is -0.293. The second-order valence-electron chi connectivity index (χ2n) is 10.9. The van der Waals surface area contributed by atoms with Gasteiger partial charge >= 0.3 is 12.1 Å². The van der Waals surface area contributed by atoms with E-state index in [1.54, 1.807) is 42.0 Å². The standard InChI is InChI=1S/C31H39N5O5/c1-19(2)32-31(40)35(5)17-27-20(3)16-36(21(4)18-37)29(38)24-13-9-15-26(28(24)41-27)34-30(39)33-25-14-8-11-22-10-6-7-12-23(22)25/h6-15,19-21,27,37H,16-18H2,1-5H3,(H,32,40)(H2,33,34,39)/t20-,21-,27-/m0/s1. The molecule has 3 aromatic rings. The number of aliphatic hydroxyl groups excluding tert-OH is 1. The molecule has 0 radical (unpaired) electrons. The maximum Gasteiger partial charge on any atom is 0.323 e. The van der Waals surface area contributed by atoms with Gasteiger partial charge in [-0.2, -0.15) is 0 Å². The quantitative estimate of drug-likeness (QED) is 0.331.